The summed E-state index contributed by atoms with van der Waals surface area (Å²) in [5.41, 5.74) is 0. The van der Waals surface area contributed by atoms with Crippen LogP contribution in [0.2, 0.25) is 0 Å². The van der Waals surface area contributed by atoms with E-state index in [1.165, 1.54) is 38.5 Å². The molecule has 0 radical (unpaired) electrons. The van der Waals surface area contributed by atoms with Gasteiger partial charge < -0.3 is 10.2 Å². The average molecular weight is 277 g/mol. The van der Waals surface area contributed by atoms with Crippen LogP contribution in [0.4, 0.5) is 0 Å². The Morgan fingerprint density at radius 3 is 0.714 bits per heavy atom. The molecule has 0 bridgehead atoms. The highest BCUT2D eigenvalue weighted by Gasteiger charge is 1.95. The van der Waals surface area contributed by atoms with Gasteiger partial charge in [0.25, 0.3) is 0 Å². The molecule has 0 amide bonds. The summed E-state index contributed by atoms with van der Waals surface area (Å²) < 4.78 is -1.56. The number of hydrogen-bond donors (Lipinski definition) is 6. The van der Waals surface area contributed by atoms with Crippen LogP contribution in [0, 0.1) is 0 Å². The van der Waals surface area contributed by atoms with Gasteiger partial charge in [-0.2, -0.15) is 0 Å². The van der Waals surface area contributed by atoms with Crippen molar-refractivity contribution in [3.05, 3.63) is 0 Å². The third kappa shape index (κ3) is 37.7. The van der Waals surface area contributed by atoms with E-state index < -0.39 is 9.54 Å². The highest BCUT2D eigenvalue weighted by Crippen LogP contribution is 2.15. The van der Waals surface area contributed by atoms with E-state index in [-0.39, 0.29) is 0 Å². The van der Waals surface area contributed by atoms with Crippen LogP contribution in [0.1, 0.15) is 38.5 Å². The summed E-state index contributed by atoms with van der Waals surface area (Å²) in [7, 11) is 0. The Morgan fingerprint density at radius 1 is 0.571 bits per heavy atom. The summed E-state index contributed by atoms with van der Waals surface area (Å²) in [4.78, 5) is 0. The number of aliphatic hydroxyl groups excluding tert-OH is 2. The smallest absolute Gasteiger partial charge is 0.140 e. The molecule has 1 rings (SSSR count). The summed E-state index contributed by atoms with van der Waals surface area (Å²) in [5, 5.41) is 15.6. The van der Waals surface area contributed by atoms with Crippen molar-refractivity contribution in [2.24, 2.45) is 0 Å². The highest BCUT2D eigenvalue weighted by molar-refractivity contribution is 7.99. The molecule has 0 aromatic carbocycles. The van der Waals surface area contributed by atoms with Gasteiger partial charge in [0.05, 0.1) is 0 Å². The molecule has 2 N–H and O–H groups in total. The first-order chi connectivity index (χ1) is 6.46. The summed E-state index contributed by atoms with van der Waals surface area (Å²) >= 11 is 13.5. The van der Waals surface area contributed by atoms with E-state index in [4.69, 9.17) is 10.2 Å². The first-order valence-corrected chi connectivity index (χ1v) is 6.61. The van der Waals surface area contributed by atoms with E-state index in [0.29, 0.717) is 0 Å². The minimum absolute atomic E-state index is 0.778. The number of aliphatic hydroxyl groups is 2. The largest absolute Gasteiger partial charge is 0.373 e. The lowest BCUT2D eigenvalue weighted by Crippen LogP contribution is -1.85. The first-order valence-electron chi connectivity index (χ1n) is 4.55. The van der Waals surface area contributed by atoms with Gasteiger partial charge in [-0.15, -0.1) is 50.5 Å². The third-order valence-electron chi connectivity index (χ3n) is 1.50. The maximum Gasteiger partial charge on any atom is 0.140 e. The van der Waals surface area contributed by atoms with Crippen LogP contribution in [-0.4, -0.2) is 19.7 Å². The van der Waals surface area contributed by atoms with Gasteiger partial charge in [0, 0.05) is 0 Å². The van der Waals surface area contributed by atoms with E-state index >= 15 is 0 Å². The molecule has 0 aromatic rings. The van der Waals surface area contributed by atoms with Gasteiger partial charge in [0.15, 0.2) is 0 Å². The van der Waals surface area contributed by atoms with E-state index in [2.05, 4.69) is 50.5 Å². The van der Waals surface area contributed by atoms with Crippen LogP contribution in [0.5, 0.6) is 0 Å². The van der Waals surface area contributed by atoms with Crippen molar-refractivity contribution < 1.29 is 10.2 Å². The van der Waals surface area contributed by atoms with Crippen molar-refractivity contribution in [2.45, 2.75) is 48.1 Å². The predicted octanol–water partition coefficient (Wildman–Crippen LogP) is 2.58. The second kappa shape index (κ2) is 14.3. The zero-order chi connectivity index (χ0) is 11.4. The van der Waals surface area contributed by atoms with Crippen LogP contribution in [0.15, 0.2) is 0 Å². The lowest BCUT2D eigenvalue weighted by Gasteiger charge is -2.05. The Kier molecular flexibility index (Phi) is 18.1. The number of rotatable bonds is 0. The average Bonchev–Trinajstić information content (AvgIpc) is 2.05. The van der Waals surface area contributed by atoms with Gasteiger partial charge in [0.1, 0.15) is 9.54 Å². The molecule has 14 heavy (non-hydrogen) atoms. The maximum atomic E-state index is 7.78. The van der Waals surface area contributed by atoms with Crippen molar-refractivity contribution in [2.75, 3.05) is 0 Å². The topological polar surface area (TPSA) is 40.5 Å². The maximum absolute atomic E-state index is 7.78. The predicted molar refractivity (Wildman–Crippen MR) is 75.7 cm³/mol. The summed E-state index contributed by atoms with van der Waals surface area (Å²) in [6.45, 7) is 0. The molecule has 0 unspecified atom stereocenters. The van der Waals surface area contributed by atoms with Crippen molar-refractivity contribution in [3.63, 3.8) is 0 Å². The number of thiol groups is 4. The van der Waals surface area contributed by atoms with Gasteiger partial charge in [-0.25, -0.2) is 0 Å². The zero-order valence-electron chi connectivity index (χ0n) is 8.08. The Balaban J connectivity index is 0. The molecule has 0 aliphatic heterocycles. The van der Waals surface area contributed by atoms with Crippen molar-refractivity contribution in [3.8, 4) is 0 Å². The molecule has 2 nitrogen and oxygen atoms in total. The molecule has 1 aliphatic rings. The molecule has 88 valence electrons. The lowest BCUT2D eigenvalue weighted by atomic mass is 10.0. The van der Waals surface area contributed by atoms with E-state index in [1.54, 1.807) is 0 Å². The fourth-order valence-electron chi connectivity index (χ4n) is 1.06. The van der Waals surface area contributed by atoms with E-state index in [9.17, 15) is 0 Å². The molecule has 0 aromatic heterocycles. The van der Waals surface area contributed by atoms with Crippen LogP contribution in [0.25, 0.3) is 0 Å². The monoisotopic (exact) mass is 276 g/mol. The second-order valence-corrected chi connectivity index (χ2v) is 5.59. The van der Waals surface area contributed by atoms with Crippen LogP contribution < -0.4 is 0 Å². The quantitative estimate of drug-likeness (QED) is 0.304. The van der Waals surface area contributed by atoms with Gasteiger partial charge in [-0.05, 0) is 0 Å². The molecule has 0 spiro atoms. The minimum atomic E-state index is -0.778. The first kappa shape index (κ1) is 17.7. The molecular weight excluding hydrogens is 256 g/mol. The summed E-state index contributed by atoms with van der Waals surface area (Å²) in [6.07, 6.45) is 9.00. The van der Waals surface area contributed by atoms with Crippen molar-refractivity contribution in [1.29, 1.82) is 0 Å². The number of hydrogen-bond acceptors (Lipinski definition) is 6. The van der Waals surface area contributed by atoms with Crippen molar-refractivity contribution in [1.82, 2.24) is 0 Å². The molecular formula is C8H20O2S4. The molecule has 1 saturated carbocycles. The van der Waals surface area contributed by atoms with Crippen LogP contribution in [0.3, 0.4) is 0 Å². The normalized spacial score (nSPS) is 15.4. The Labute approximate surface area is 109 Å². The van der Waals surface area contributed by atoms with E-state index in [0.717, 1.165) is 0 Å². The zero-order valence-corrected chi connectivity index (χ0v) is 11.7. The molecule has 6 heteroatoms. The Bertz CT molecular complexity index is 74.3. The highest BCUT2D eigenvalue weighted by atomic mass is 32.2. The molecule has 0 heterocycles. The molecule has 1 fully saturated rings. The van der Waals surface area contributed by atoms with Crippen LogP contribution >= 0.6 is 50.5 Å². The van der Waals surface area contributed by atoms with Crippen LogP contribution in [-0.2, 0) is 0 Å². The van der Waals surface area contributed by atoms with Gasteiger partial charge in [0.2, 0.25) is 0 Å². The molecule has 1 aliphatic carbocycles. The standard InChI is InChI=1S/C6H12.2CH4OS2/c1-2-4-6-5-3-1;2*2-1(3)4/h1-6H2;2*1-4H. The molecule has 0 saturated heterocycles. The van der Waals surface area contributed by atoms with Gasteiger partial charge >= 0.3 is 0 Å². The molecule has 0 atom stereocenters. The van der Waals surface area contributed by atoms with E-state index in [1.807, 2.05) is 0 Å². The van der Waals surface area contributed by atoms with Gasteiger partial charge in [-0.1, -0.05) is 38.5 Å². The Hall–Kier alpha value is 1.32. The van der Waals surface area contributed by atoms with Gasteiger partial charge in [-0.3, -0.25) is 0 Å². The Morgan fingerprint density at radius 2 is 0.643 bits per heavy atom. The SMILES string of the molecule is C1CCCCC1.OC(S)S.OC(S)S. The van der Waals surface area contributed by atoms with Crippen molar-refractivity contribution >= 4 is 50.5 Å². The fourth-order valence-corrected chi connectivity index (χ4v) is 1.06. The minimum Gasteiger partial charge on any atom is -0.373 e. The lowest BCUT2D eigenvalue weighted by molar-refractivity contribution is 0.349. The second-order valence-electron chi connectivity index (χ2n) is 2.81. The summed E-state index contributed by atoms with van der Waals surface area (Å²) in [5.74, 6) is 0. The summed E-state index contributed by atoms with van der Waals surface area (Å²) in [6, 6.07) is 0. The fraction of sp³-hybridized carbons (Fsp3) is 1.00. The third-order valence-corrected chi connectivity index (χ3v) is 1.50.